The molecule has 1 heterocycles. The van der Waals surface area contributed by atoms with Crippen molar-refractivity contribution < 1.29 is 17.9 Å². The minimum absolute atomic E-state index is 0.0160. The third-order valence-corrected chi connectivity index (χ3v) is 7.04. The number of hydrogen-bond acceptors (Lipinski definition) is 5. The zero-order chi connectivity index (χ0) is 23.6. The van der Waals surface area contributed by atoms with E-state index in [9.17, 15) is 18.0 Å². The van der Waals surface area contributed by atoms with Gasteiger partial charge < -0.3 is 14.6 Å². The summed E-state index contributed by atoms with van der Waals surface area (Å²) in [6, 6.07) is 19.0. The van der Waals surface area contributed by atoms with E-state index in [1.807, 2.05) is 0 Å². The van der Waals surface area contributed by atoms with Gasteiger partial charge in [-0.2, -0.15) is 0 Å². The van der Waals surface area contributed by atoms with E-state index in [1.165, 1.54) is 29.0 Å². The number of methoxy groups -OCH3 is 1. The SMILES string of the molecule is COc1ccc(NC(=O)Cn2cc(S(=O)(=O)c3ccccc3)c(=O)c3cc(Cl)ccc32)cc1. The molecule has 0 atom stereocenters. The van der Waals surface area contributed by atoms with E-state index in [1.54, 1.807) is 61.7 Å². The molecule has 0 fully saturated rings. The fourth-order valence-electron chi connectivity index (χ4n) is 3.42. The van der Waals surface area contributed by atoms with Crippen molar-refractivity contribution >= 4 is 43.9 Å². The number of sulfone groups is 1. The normalized spacial score (nSPS) is 11.3. The molecule has 3 aromatic carbocycles. The molecule has 0 aliphatic rings. The lowest BCUT2D eigenvalue weighted by Gasteiger charge is -2.14. The Morgan fingerprint density at radius 2 is 1.73 bits per heavy atom. The van der Waals surface area contributed by atoms with Gasteiger partial charge in [0.2, 0.25) is 21.2 Å². The van der Waals surface area contributed by atoms with Crippen LogP contribution < -0.4 is 15.5 Å². The maximum atomic E-state index is 13.2. The number of carbonyl (C=O) groups excluding carboxylic acids is 1. The minimum Gasteiger partial charge on any atom is -0.497 e. The van der Waals surface area contributed by atoms with Gasteiger partial charge in [0.15, 0.2) is 0 Å². The molecule has 0 unspecified atom stereocenters. The van der Waals surface area contributed by atoms with Crippen molar-refractivity contribution in [2.45, 2.75) is 16.3 Å². The van der Waals surface area contributed by atoms with Gasteiger partial charge in [-0.05, 0) is 54.6 Å². The van der Waals surface area contributed by atoms with Gasteiger partial charge >= 0.3 is 0 Å². The predicted octanol–water partition coefficient (Wildman–Crippen LogP) is 4.14. The standard InChI is InChI=1S/C24H19ClN2O5S/c1-32-18-10-8-17(9-11-18)26-23(28)15-27-14-22(33(30,31)19-5-3-2-4-6-19)24(29)20-13-16(25)7-12-21(20)27/h2-14H,15H2,1H3,(H,26,28). The van der Waals surface area contributed by atoms with Gasteiger partial charge in [0.1, 0.15) is 17.2 Å². The lowest BCUT2D eigenvalue weighted by molar-refractivity contribution is -0.116. The average molecular weight is 483 g/mol. The van der Waals surface area contributed by atoms with Crippen LogP contribution in [-0.2, 0) is 21.2 Å². The van der Waals surface area contributed by atoms with Crippen molar-refractivity contribution in [2.24, 2.45) is 0 Å². The molecule has 0 saturated heterocycles. The van der Waals surface area contributed by atoms with Crippen molar-refractivity contribution in [1.29, 1.82) is 0 Å². The van der Waals surface area contributed by atoms with Crippen LogP contribution in [0.1, 0.15) is 0 Å². The number of rotatable bonds is 6. The molecule has 0 bridgehead atoms. The van der Waals surface area contributed by atoms with Crippen LogP contribution in [0.25, 0.3) is 10.9 Å². The third kappa shape index (κ3) is 4.62. The Morgan fingerprint density at radius 3 is 2.39 bits per heavy atom. The van der Waals surface area contributed by atoms with Gasteiger partial charge in [-0.3, -0.25) is 9.59 Å². The summed E-state index contributed by atoms with van der Waals surface area (Å²) in [5.74, 6) is 0.246. The monoisotopic (exact) mass is 482 g/mol. The first kappa shape index (κ1) is 22.6. The number of amides is 1. The van der Waals surface area contributed by atoms with E-state index in [4.69, 9.17) is 16.3 Å². The number of fused-ring (bicyclic) bond motifs is 1. The molecule has 7 nitrogen and oxygen atoms in total. The summed E-state index contributed by atoms with van der Waals surface area (Å²) in [5, 5.41) is 3.14. The number of anilines is 1. The number of nitrogens with zero attached hydrogens (tertiary/aromatic N) is 1. The third-order valence-electron chi connectivity index (χ3n) is 5.04. The zero-order valence-corrected chi connectivity index (χ0v) is 19.1. The van der Waals surface area contributed by atoms with E-state index in [-0.39, 0.29) is 21.8 Å². The van der Waals surface area contributed by atoms with Crippen LogP contribution in [-0.4, -0.2) is 26.0 Å². The maximum Gasteiger partial charge on any atom is 0.244 e. The van der Waals surface area contributed by atoms with Crippen LogP contribution in [0.5, 0.6) is 5.75 Å². The van der Waals surface area contributed by atoms with Gasteiger partial charge in [-0.1, -0.05) is 29.8 Å². The Kier molecular flexibility index (Phi) is 6.22. The molecule has 0 radical (unpaired) electrons. The Labute approximate surface area is 195 Å². The fraction of sp³-hybridized carbons (Fsp3) is 0.0833. The van der Waals surface area contributed by atoms with E-state index in [0.717, 1.165) is 0 Å². The molecule has 168 valence electrons. The van der Waals surface area contributed by atoms with Crippen LogP contribution in [0.4, 0.5) is 5.69 Å². The molecular weight excluding hydrogens is 464 g/mol. The number of aromatic nitrogens is 1. The predicted molar refractivity (Wildman–Crippen MR) is 127 cm³/mol. The molecule has 1 aromatic heterocycles. The molecule has 4 rings (SSSR count). The second-order valence-electron chi connectivity index (χ2n) is 7.21. The molecule has 0 saturated carbocycles. The summed E-state index contributed by atoms with van der Waals surface area (Å²) in [5.41, 5.74) is 0.260. The lowest BCUT2D eigenvalue weighted by Crippen LogP contribution is -2.24. The summed E-state index contributed by atoms with van der Waals surface area (Å²) in [7, 11) is -2.58. The van der Waals surface area contributed by atoms with Gasteiger partial charge in [-0.25, -0.2) is 8.42 Å². The Bertz CT molecular complexity index is 1500. The molecule has 4 aromatic rings. The van der Waals surface area contributed by atoms with Crippen molar-refractivity contribution in [3.63, 3.8) is 0 Å². The van der Waals surface area contributed by atoms with Crippen molar-refractivity contribution in [3.05, 3.63) is 94.2 Å². The Morgan fingerprint density at radius 1 is 1.03 bits per heavy atom. The number of halogens is 1. The van der Waals surface area contributed by atoms with Crippen LogP contribution in [0.2, 0.25) is 5.02 Å². The number of benzene rings is 3. The van der Waals surface area contributed by atoms with Crippen molar-refractivity contribution in [2.75, 3.05) is 12.4 Å². The second kappa shape index (κ2) is 9.09. The molecule has 0 aliphatic heterocycles. The quantitative estimate of drug-likeness (QED) is 0.446. The molecule has 0 spiro atoms. The summed E-state index contributed by atoms with van der Waals surface area (Å²) >= 11 is 6.08. The largest absolute Gasteiger partial charge is 0.497 e. The number of ether oxygens (including phenoxy) is 1. The number of nitrogens with one attached hydrogen (secondary N) is 1. The highest BCUT2D eigenvalue weighted by Gasteiger charge is 2.24. The highest BCUT2D eigenvalue weighted by molar-refractivity contribution is 7.91. The smallest absolute Gasteiger partial charge is 0.244 e. The van der Waals surface area contributed by atoms with Crippen LogP contribution in [0, 0.1) is 0 Å². The summed E-state index contributed by atoms with van der Waals surface area (Å²) in [6.07, 6.45) is 1.20. The molecule has 0 aliphatic carbocycles. The van der Waals surface area contributed by atoms with E-state index in [2.05, 4.69) is 5.32 Å². The minimum atomic E-state index is -4.12. The summed E-state index contributed by atoms with van der Waals surface area (Å²) < 4.78 is 33.0. The summed E-state index contributed by atoms with van der Waals surface area (Å²) in [6.45, 7) is -0.220. The molecule has 1 amide bonds. The van der Waals surface area contributed by atoms with Crippen molar-refractivity contribution in [1.82, 2.24) is 4.57 Å². The number of carbonyl (C=O) groups is 1. The number of pyridine rings is 1. The highest BCUT2D eigenvalue weighted by atomic mass is 35.5. The zero-order valence-electron chi connectivity index (χ0n) is 17.5. The highest BCUT2D eigenvalue weighted by Crippen LogP contribution is 2.23. The first-order valence-corrected chi connectivity index (χ1v) is 11.7. The Hall–Kier alpha value is -3.62. The lowest BCUT2D eigenvalue weighted by atomic mass is 10.2. The first-order valence-electron chi connectivity index (χ1n) is 9.86. The van der Waals surface area contributed by atoms with Gasteiger partial charge in [0.05, 0.1) is 17.5 Å². The topological polar surface area (TPSA) is 94.5 Å². The van der Waals surface area contributed by atoms with Crippen LogP contribution in [0.15, 0.2) is 93.6 Å². The van der Waals surface area contributed by atoms with Gasteiger partial charge in [0, 0.05) is 22.3 Å². The molecular formula is C24H19ClN2O5S. The number of hydrogen-bond donors (Lipinski definition) is 1. The Balaban J connectivity index is 1.78. The van der Waals surface area contributed by atoms with E-state index in [0.29, 0.717) is 17.0 Å². The van der Waals surface area contributed by atoms with Gasteiger partial charge in [0.25, 0.3) is 0 Å². The van der Waals surface area contributed by atoms with E-state index >= 15 is 0 Å². The van der Waals surface area contributed by atoms with Crippen LogP contribution in [0.3, 0.4) is 0 Å². The van der Waals surface area contributed by atoms with Gasteiger partial charge in [-0.15, -0.1) is 0 Å². The molecule has 33 heavy (non-hydrogen) atoms. The van der Waals surface area contributed by atoms with Crippen molar-refractivity contribution in [3.8, 4) is 5.75 Å². The average Bonchev–Trinajstić information content (AvgIpc) is 2.81. The molecule has 1 N–H and O–H groups in total. The maximum absolute atomic E-state index is 13.2. The fourth-order valence-corrected chi connectivity index (χ4v) is 4.98. The first-order chi connectivity index (χ1) is 15.8. The second-order valence-corrected chi connectivity index (χ2v) is 9.56. The molecule has 9 heteroatoms. The van der Waals surface area contributed by atoms with E-state index < -0.39 is 26.1 Å². The summed E-state index contributed by atoms with van der Waals surface area (Å²) in [4.78, 5) is 25.4. The van der Waals surface area contributed by atoms with Crippen LogP contribution >= 0.6 is 11.6 Å².